The highest BCUT2D eigenvalue weighted by Gasteiger charge is 2.23. The summed E-state index contributed by atoms with van der Waals surface area (Å²) in [6.45, 7) is 1.87. The molecule has 0 aliphatic carbocycles. The summed E-state index contributed by atoms with van der Waals surface area (Å²) < 4.78 is 26.8. The Kier molecular flexibility index (Phi) is 6.87. The number of aromatic nitrogens is 2. The van der Waals surface area contributed by atoms with Crippen molar-refractivity contribution in [1.82, 2.24) is 14.3 Å². The summed E-state index contributed by atoms with van der Waals surface area (Å²) in [6, 6.07) is 15.7. The van der Waals surface area contributed by atoms with E-state index in [1.165, 1.54) is 12.1 Å². The summed E-state index contributed by atoms with van der Waals surface area (Å²) in [4.78, 5) is 20.4. The highest BCUT2D eigenvalue weighted by molar-refractivity contribution is 7.15. The fraction of sp³-hybridized carbons (Fsp3) is 0.308. The predicted molar refractivity (Wildman–Crippen MR) is 130 cm³/mol. The van der Waals surface area contributed by atoms with Gasteiger partial charge in [0.25, 0.3) is 5.91 Å². The number of nitrogens with zero attached hydrogens (tertiary/aromatic N) is 3. The zero-order valence-electron chi connectivity index (χ0n) is 18.7. The number of hydrogen-bond donors (Lipinski definition) is 0. The van der Waals surface area contributed by atoms with Crippen LogP contribution >= 0.6 is 11.3 Å². The molecule has 34 heavy (non-hydrogen) atoms. The van der Waals surface area contributed by atoms with Crippen molar-refractivity contribution in [2.24, 2.45) is 0 Å². The Morgan fingerprint density at radius 1 is 1.21 bits per heavy atom. The van der Waals surface area contributed by atoms with Crippen molar-refractivity contribution in [3.05, 3.63) is 77.7 Å². The molecule has 1 atom stereocenters. The summed E-state index contributed by atoms with van der Waals surface area (Å²) in [5.74, 6) is 0.361. The molecule has 8 heteroatoms. The summed E-state index contributed by atoms with van der Waals surface area (Å²) >= 11 is 1.56. The number of carbonyl (C=O) groups excluding carboxylic acids is 1. The molecule has 1 aliphatic rings. The van der Waals surface area contributed by atoms with Gasteiger partial charge in [0.2, 0.25) is 0 Å². The molecule has 0 saturated carbocycles. The van der Waals surface area contributed by atoms with Gasteiger partial charge in [0, 0.05) is 49.0 Å². The standard InChI is InChI=1S/C26H26FN3O3S/c27-20-10-8-19(9-11-20)24-16-30-21(18-34-26(30)28-24)12-13-29(15-23-7-4-14-32-23)25(31)17-33-22-5-2-1-3-6-22/h1-3,5-6,8-11,16,18,23H,4,7,12-15,17H2. The van der Waals surface area contributed by atoms with Crippen molar-refractivity contribution >= 4 is 22.2 Å². The van der Waals surface area contributed by atoms with E-state index in [9.17, 15) is 9.18 Å². The molecule has 6 nitrogen and oxygen atoms in total. The van der Waals surface area contributed by atoms with Crippen molar-refractivity contribution in [3.63, 3.8) is 0 Å². The van der Waals surface area contributed by atoms with Gasteiger partial charge in [0.15, 0.2) is 11.6 Å². The van der Waals surface area contributed by atoms with E-state index in [0.29, 0.717) is 25.3 Å². The fourth-order valence-corrected chi connectivity index (χ4v) is 5.03. The molecule has 1 fully saturated rings. The first-order valence-corrected chi connectivity index (χ1v) is 12.3. The van der Waals surface area contributed by atoms with E-state index in [2.05, 4.69) is 14.8 Å². The van der Waals surface area contributed by atoms with Crippen LogP contribution in [-0.2, 0) is 16.0 Å². The van der Waals surface area contributed by atoms with Crippen LogP contribution in [0.15, 0.2) is 66.2 Å². The number of carbonyl (C=O) groups is 1. The van der Waals surface area contributed by atoms with Gasteiger partial charge in [-0.1, -0.05) is 18.2 Å². The van der Waals surface area contributed by atoms with Crippen LogP contribution in [0.5, 0.6) is 5.75 Å². The number of para-hydroxylation sites is 1. The summed E-state index contributed by atoms with van der Waals surface area (Å²) in [6.07, 6.45) is 4.72. The van der Waals surface area contributed by atoms with Gasteiger partial charge in [-0.25, -0.2) is 9.37 Å². The molecular weight excluding hydrogens is 453 g/mol. The zero-order valence-corrected chi connectivity index (χ0v) is 19.5. The molecule has 1 aliphatic heterocycles. The van der Waals surface area contributed by atoms with E-state index < -0.39 is 0 Å². The third-order valence-electron chi connectivity index (χ3n) is 5.97. The monoisotopic (exact) mass is 479 g/mol. The van der Waals surface area contributed by atoms with Gasteiger partial charge in [0.05, 0.1) is 11.8 Å². The van der Waals surface area contributed by atoms with Crippen LogP contribution in [0.1, 0.15) is 18.5 Å². The highest BCUT2D eigenvalue weighted by atomic mass is 32.1. The molecule has 0 bridgehead atoms. The molecule has 176 valence electrons. The Hall–Kier alpha value is -3.23. The fourth-order valence-electron chi connectivity index (χ4n) is 4.12. The molecule has 4 aromatic rings. The lowest BCUT2D eigenvalue weighted by atomic mass is 10.2. The Bertz CT molecular complexity index is 1230. The topological polar surface area (TPSA) is 56.1 Å². The van der Waals surface area contributed by atoms with Gasteiger partial charge in [-0.3, -0.25) is 9.20 Å². The largest absolute Gasteiger partial charge is 0.484 e. The average Bonchev–Trinajstić information content (AvgIpc) is 3.60. The van der Waals surface area contributed by atoms with E-state index in [0.717, 1.165) is 41.4 Å². The molecular formula is C26H26FN3O3S. The van der Waals surface area contributed by atoms with Crippen LogP contribution in [0.2, 0.25) is 0 Å². The van der Waals surface area contributed by atoms with Gasteiger partial charge in [-0.05, 0) is 49.2 Å². The highest BCUT2D eigenvalue weighted by Crippen LogP contribution is 2.24. The Morgan fingerprint density at radius 2 is 2.03 bits per heavy atom. The molecule has 3 heterocycles. The number of rotatable bonds is 9. The van der Waals surface area contributed by atoms with Crippen molar-refractivity contribution < 1.29 is 18.7 Å². The third kappa shape index (κ3) is 5.29. The number of thiazole rings is 1. The average molecular weight is 480 g/mol. The van der Waals surface area contributed by atoms with Crippen LogP contribution in [-0.4, -0.2) is 52.6 Å². The lowest BCUT2D eigenvalue weighted by Gasteiger charge is -2.25. The zero-order chi connectivity index (χ0) is 23.3. The van der Waals surface area contributed by atoms with Gasteiger partial charge in [0.1, 0.15) is 11.6 Å². The predicted octanol–water partition coefficient (Wildman–Crippen LogP) is 4.83. The lowest BCUT2D eigenvalue weighted by Crippen LogP contribution is -2.41. The van der Waals surface area contributed by atoms with Crippen LogP contribution in [0.4, 0.5) is 4.39 Å². The second-order valence-corrected chi connectivity index (χ2v) is 9.18. The van der Waals surface area contributed by atoms with Gasteiger partial charge in [-0.2, -0.15) is 0 Å². The third-order valence-corrected chi connectivity index (χ3v) is 6.86. The smallest absolute Gasteiger partial charge is 0.260 e. The van der Waals surface area contributed by atoms with Gasteiger partial charge >= 0.3 is 0 Å². The first-order chi connectivity index (χ1) is 16.7. The van der Waals surface area contributed by atoms with Crippen molar-refractivity contribution in [2.75, 3.05) is 26.3 Å². The van der Waals surface area contributed by atoms with Crippen LogP contribution in [0.3, 0.4) is 0 Å². The minimum Gasteiger partial charge on any atom is -0.484 e. The quantitative estimate of drug-likeness (QED) is 0.345. The molecule has 1 amide bonds. The maximum Gasteiger partial charge on any atom is 0.260 e. The number of imidazole rings is 1. The van der Waals surface area contributed by atoms with Crippen molar-refractivity contribution in [1.29, 1.82) is 0 Å². The first-order valence-electron chi connectivity index (χ1n) is 11.4. The van der Waals surface area contributed by atoms with E-state index in [-0.39, 0.29) is 24.4 Å². The molecule has 0 spiro atoms. The van der Waals surface area contributed by atoms with Crippen LogP contribution < -0.4 is 4.74 Å². The number of benzene rings is 2. The van der Waals surface area contributed by atoms with E-state index in [1.807, 2.05) is 41.4 Å². The molecule has 5 rings (SSSR count). The van der Waals surface area contributed by atoms with Crippen molar-refractivity contribution in [3.8, 4) is 17.0 Å². The number of halogens is 1. The molecule has 1 unspecified atom stereocenters. The second-order valence-electron chi connectivity index (χ2n) is 8.34. The van der Waals surface area contributed by atoms with Crippen LogP contribution in [0, 0.1) is 5.82 Å². The van der Waals surface area contributed by atoms with Gasteiger partial charge < -0.3 is 14.4 Å². The van der Waals surface area contributed by atoms with E-state index in [4.69, 9.17) is 9.47 Å². The maximum atomic E-state index is 13.3. The first kappa shape index (κ1) is 22.6. The number of fused-ring (bicyclic) bond motifs is 1. The van der Waals surface area contributed by atoms with E-state index >= 15 is 0 Å². The molecule has 0 N–H and O–H groups in total. The minimum atomic E-state index is -0.266. The number of hydrogen-bond acceptors (Lipinski definition) is 5. The summed E-state index contributed by atoms with van der Waals surface area (Å²) in [5.41, 5.74) is 2.75. The Balaban J connectivity index is 1.28. The molecule has 0 radical (unpaired) electrons. The second kappa shape index (κ2) is 10.4. The molecule has 2 aromatic heterocycles. The number of amides is 1. The molecule has 2 aromatic carbocycles. The van der Waals surface area contributed by atoms with Gasteiger partial charge in [-0.15, -0.1) is 11.3 Å². The SMILES string of the molecule is O=C(COc1ccccc1)N(CCc1csc2nc(-c3ccc(F)cc3)cn12)CC1CCCO1. The Labute approximate surface area is 201 Å². The van der Waals surface area contributed by atoms with Crippen molar-refractivity contribution in [2.45, 2.75) is 25.4 Å². The van der Waals surface area contributed by atoms with Crippen LogP contribution in [0.25, 0.3) is 16.2 Å². The Morgan fingerprint density at radius 3 is 2.79 bits per heavy atom. The lowest BCUT2D eigenvalue weighted by molar-refractivity contribution is -0.134. The maximum absolute atomic E-state index is 13.3. The molecule has 1 saturated heterocycles. The summed E-state index contributed by atoms with van der Waals surface area (Å²) in [5, 5.41) is 2.08. The van der Waals surface area contributed by atoms with E-state index in [1.54, 1.807) is 23.5 Å². The normalized spacial score (nSPS) is 15.6. The summed E-state index contributed by atoms with van der Waals surface area (Å²) in [7, 11) is 0. The minimum absolute atomic E-state index is 0.00439. The number of ether oxygens (including phenoxy) is 2.